The highest BCUT2D eigenvalue weighted by atomic mass is 35.5. The van der Waals surface area contributed by atoms with Gasteiger partial charge in [-0.15, -0.1) is 0 Å². The monoisotopic (exact) mass is 278 g/mol. The number of hydrazine groups is 1. The van der Waals surface area contributed by atoms with E-state index < -0.39 is 0 Å². The van der Waals surface area contributed by atoms with Crippen molar-refractivity contribution in [1.82, 2.24) is 9.97 Å². The van der Waals surface area contributed by atoms with E-state index in [1.807, 2.05) is 13.8 Å². The van der Waals surface area contributed by atoms with Crippen LogP contribution in [0, 0.1) is 6.92 Å². The molecule has 0 aliphatic carbocycles. The SMILES string of the molecule is CCc1nc(NN)c(C)c(Oc2ccc(Cl)cc2)n1. The number of nitrogens with two attached hydrogens (primary N) is 1. The number of nitrogen functional groups attached to an aromatic ring is 1. The summed E-state index contributed by atoms with van der Waals surface area (Å²) >= 11 is 5.83. The molecule has 0 fully saturated rings. The third kappa shape index (κ3) is 3.13. The predicted molar refractivity (Wildman–Crippen MR) is 75.5 cm³/mol. The summed E-state index contributed by atoms with van der Waals surface area (Å²) in [6, 6.07) is 7.09. The van der Waals surface area contributed by atoms with Crippen LogP contribution in [0.25, 0.3) is 0 Å². The molecular formula is C13H15ClN4O. The average Bonchev–Trinajstić information content (AvgIpc) is 2.43. The molecule has 0 atom stereocenters. The zero-order valence-electron chi connectivity index (χ0n) is 10.8. The van der Waals surface area contributed by atoms with Crippen molar-refractivity contribution in [3.63, 3.8) is 0 Å². The van der Waals surface area contributed by atoms with Crippen LogP contribution >= 0.6 is 11.6 Å². The van der Waals surface area contributed by atoms with Crippen LogP contribution in [0.1, 0.15) is 18.3 Å². The van der Waals surface area contributed by atoms with Crippen molar-refractivity contribution < 1.29 is 4.74 Å². The maximum absolute atomic E-state index is 5.83. The Bertz CT molecular complexity index is 572. The van der Waals surface area contributed by atoms with Crippen LogP contribution in [0.4, 0.5) is 5.82 Å². The molecule has 0 saturated carbocycles. The second kappa shape index (κ2) is 5.86. The summed E-state index contributed by atoms with van der Waals surface area (Å²) in [5.74, 6) is 7.83. The Labute approximate surface area is 116 Å². The second-order valence-corrected chi connectivity index (χ2v) is 4.41. The first-order chi connectivity index (χ1) is 9.13. The molecule has 0 bridgehead atoms. The minimum Gasteiger partial charge on any atom is -0.439 e. The number of hydrogen-bond donors (Lipinski definition) is 2. The maximum atomic E-state index is 5.83. The van der Waals surface area contributed by atoms with Crippen molar-refractivity contribution in [2.24, 2.45) is 5.84 Å². The number of benzene rings is 1. The van der Waals surface area contributed by atoms with Crippen molar-refractivity contribution in [2.45, 2.75) is 20.3 Å². The molecule has 6 heteroatoms. The third-order valence-electron chi connectivity index (χ3n) is 2.63. The van der Waals surface area contributed by atoms with E-state index in [0.29, 0.717) is 34.7 Å². The number of nitrogens with zero attached hydrogens (tertiary/aromatic N) is 2. The maximum Gasteiger partial charge on any atom is 0.227 e. The Hall–Kier alpha value is -1.85. The van der Waals surface area contributed by atoms with Gasteiger partial charge in [0.2, 0.25) is 5.88 Å². The zero-order valence-corrected chi connectivity index (χ0v) is 11.5. The average molecular weight is 279 g/mol. The molecule has 1 heterocycles. The van der Waals surface area contributed by atoms with E-state index in [4.69, 9.17) is 22.2 Å². The summed E-state index contributed by atoms with van der Waals surface area (Å²) in [6.07, 6.45) is 0.700. The first kappa shape index (κ1) is 13.6. The molecule has 2 aromatic rings. The Kier molecular flexibility index (Phi) is 4.19. The Morgan fingerprint density at radius 2 is 1.95 bits per heavy atom. The normalized spacial score (nSPS) is 10.3. The van der Waals surface area contributed by atoms with Crippen molar-refractivity contribution in [3.05, 3.63) is 40.7 Å². The van der Waals surface area contributed by atoms with Crippen molar-refractivity contribution >= 4 is 17.4 Å². The molecule has 1 aromatic heterocycles. The van der Waals surface area contributed by atoms with Crippen LogP contribution in [0.3, 0.4) is 0 Å². The highest BCUT2D eigenvalue weighted by Crippen LogP contribution is 2.27. The summed E-state index contributed by atoms with van der Waals surface area (Å²) in [4.78, 5) is 8.63. The molecule has 5 nitrogen and oxygen atoms in total. The van der Waals surface area contributed by atoms with Gasteiger partial charge in [0.25, 0.3) is 0 Å². The lowest BCUT2D eigenvalue weighted by Crippen LogP contribution is -2.13. The fourth-order valence-corrected chi connectivity index (χ4v) is 1.68. The van der Waals surface area contributed by atoms with Gasteiger partial charge in [-0.25, -0.2) is 10.8 Å². The van der Waals surface area contributed by atoms with Crippen molar-refractivity contribution in [1.29, 1.82) is 0 Å². The molecule has 1 aromatic carbocycles. The van der Waals surface area contributed by atoms with Gasteiger partial charge < -0.3 is 10.2 Å². The molecular weight excluding hydrogens is 264 g/mol. The first-order valence-electron chi connectivity index (χ1n) is 5.91. The fourth-order valence-electron chi connectivity index (χ4n) is 1.55. The Morgan fingerprint density at radius 3 is 2.53 bits per heavy atom. The van der Waals surface area contributed by atoms with Crippen LogP contribution in [0.2, 0.25) is 5.02 Å². The van der Waals surface area contributed by atoms with Gasteiger partial charge in [0, 0.05) is 11.4 Å². The van der Waals surface area contributed by atoms with E-state index in [2.05, 4.69) is 15.4 Å². The molecule has 2 rings (SSSR count). The molecule has 19 heavy (non-hydrogen) atoms. The lowest BCUT2D eigenvalue weighted by atomic mass is 10.3. The molecule has 0 aliphatic rings. The van der Waals surface area contributed by atoms with E-state index in [9.17, 15) is 0 Å². The molecule has 3 N–H and O–H groups in total. The van der Waals surface area contributed by atoms with E-state index in [1.165, 1.54) is 0 Å². The van der Waals surface area contributed by atoms with Crippen LogP contribution in [-0.2, 0) is 6.42 Å². The topological polar surface area (TPSA) is 73.1 Å². The summed E-state index contributed by atoms with van der Waals surface area (Å²) in [5, 5.41) is 0.658. The molecule has 0 unspecified atom stereocenters. The van der Waals surface area contributed by atoms with Crippen LogP contribution in [0.15, 0.2) is 24.3 Å². The lowest BCUT2D eigenvalue weighted by molar-refractivity contribution is 0.455. The van der Waals surface area contributed by atoms with Gasteiger partial charge in [0.05, 0.1) is 5.56 Å². The standard InChI is InChI=1S/C13H15ClN4O/c1-3-11-16-12(18-15)8(2)13(17-11)19-10-6-4-9(14)5-7-10/h4-7H,3,15H2,1-2H3,(H,16,17,18). The third-order valence-corrected chi connectivity index (χ3v) is 2.88. The minimum atomic E-state index is 0.488. The van der Waals surface area contributed by atoms with Crippen molar-refractivity contribution in [3.8, 4) is 11.6 Å². The largest absolute Gasteiger partial charge is 0.439 e. The number of anilines is 1. The number of nitrogens with one attached hydrogen (secondary N) is 1. The van der Waals surface area contributed by atoms with Gasteiger partial charge in [-0.05, 0) is 31.2 Å². The fraction of sp³-hybridized carbons (Fsp3) is 0.231. The van der Waals surface area contributed by atoms with Crippen LogP contribution in [-0.4, -0.2) is 9.97 Å². The molecule has 0 radical (unpaired) electrons. The highest BCUT2D eigenvalue weighted by molar-refractivity contribution is 6.30. The van der Waals surface area contributed by atoms with Crippen LogP contribution < -0.4 is 16.0 Å². The summed E-state index contributed by atoms with van der Waals surface area (Å²) < 4.78 is 5.74. The van der Waals surface area contributed by atoms with E-state index in [-0.39, 0.29) is 0 Å². The van der Waals surface area contributed by atoms with Gasteiger partial charge in [0.1, 0.15) is 17.4 Å². The van der Waals surface area contributed by atoms with Gasteiger partial charge in [-0.1, -0.05) is 18.5 Å². The molecule has 0 aliphatic heterocycles. The van der Waals surface area contributed by atoms with E-state index in [1.54, 1.807) is 24.3 Å². The van der Waals surface area contributed by atoms with E-state index >= 15 is 0 Å². The molecule has 0 saturated heterocycles. The zero-order chi connectivity index (χ0) is 13.8. The molecule has 100 valence electrons. The number of aryl methyl sites for hydroxylation is 1. The second-order valence-electron chi connectivity index (χ2n) is 3.97. The number of hydrogen-bond acceptors (Lipinski definition) is 5. The lowest BCUT2D eigenvalue weighted by Gasteiger charge is -2.12. The summed E-state index contributed by atoms with van der Waals surface area (Å²) in [7, 11) is 0. The van der Waals surface area contributed by atoms with E-state index in [0.717, 1.165) is 5.56 Å². The smallest absolute Gasteiger partial charge is 0.227 e. The summed E-state index contributed by atoms with van der Waals surface area (Å²) in [6.45, 7) is 3.82. The Balaban J connectivity index is 2.35. The first-order valence-corrected chi connectivity index (χ1v) is 6.29. The number of halogens is 1. The number of aromatic nitrogens is 2. The van der Waals surface area contributed by atoms with Crippen molar-refractivity contribution in [2.75, 3.05) is 5.43 Å². The predicted octanol–water partition coefficient (Wildman–Crippen LogP) is 3.08. The molecule has 0 spiro atoms. The quantitative estimate of drug-likeness (QED) is 0.664. The summed E-state index contributed by atoms with van der Waals surface area (Å²) in [5.41, 5.74) is 3.31. The number of rotatable bonds is 4. The van der Waals surface area contributed by atoms with Crippen LogP contribution in [0.5, 0.6) is 11.6 Å². The minimum absolute atomic E-state index is 0.488. The van der Waals surface area contributed by atoms with Gasteiger partial charge in [-0.3, -0.25) is 0 Å². The van der Waals surface area contributed by atoms with Gasteiger partial charge in [0.15, 0.2) is 0 Å². The Morgan fingerprint density at radius 1 is 1.26 bits per heavy atom. The molecule has 0 amide bonds. The highest BCUT2D eigenvalue weighted by Gasteiger charge is 2.11. The number of ether oxygens (including phenoxy) is 1. The van der Waals surface area contributed by atoms with Gasteiger partial charge in [-0.2, -0.15) is 4.98 Å². The van der Waals surface area contributed by atoms with Gasteiger partial charge >= 0.3 is 0 Å².